The van der Waals surface area contributed by atoms with Crippen molar-refractivity contribution in [2.24, 2.45) is 0 Å². The monoisotopic (exact) mass is 291 g/mol. The van der Waals surface area contributed by atoms with Gasteiger partial charge in [0.15, 0.2) is 0 Å². The molecule has 1 aliphatic heterocycles. The van der Waals surface area contributed by atoms with Crippen molar-refractivity contribution < 1.29 is 13.9 Å². The number of halogens is 1. The van der Waals surface area contributed by atoms with Gasteiger partial charge in [-0.05, 0) is 24.6 Å². The number of hydrogen-bond donors (Lipinski definition) is 0. The van der Waals surface area contributed by atoms with Crippen molar-refractivity contribution in [3.05, 3.63) is 30.3 Å². The van der Waals surface area contributed by atoms with Crippen LogP contribution in [0.2, 0.25) is 0 Å². The lowest BCUT2D eigenvalue weighted by Gasteiger charge is -2.40. The molecule has 1 aliphatic rings. The minimum atomic E-state index is -0.272. The molecule has 1 saturated heterocycles. The SMILES string of the molecule is COCCCOC1CN(c2ncnc3ccc(F)cc23)C1. The quantitative estimate of drug-likeness (QED) is 0.762. The summed E-state index contributed by atoms with van der Waals surface area (Å²) >= 11 is 0. The van der Waals surface area contributed by atoms with E-state index in [0.717, 1.165) is 36.2 Å². The van der Waals surface area contributed by atoms with Crippen LogP contribution in [0.15, 0.2) is 24.5 Å². The third-order valence-corrected chi connectivity index (χ3v) is 3.57. The maximum Gasteiger partial charge on any atom is 0.140 e. The summed E-state index contributed by atoms with van der Waals surface area (Å²) in [4.78, 5) is 10.5. The van der Waals surface area contributed by atoms with E-state index in [4.69, 9.17) is 9.47 Å². The molecule has 5 nitrogen and oxygen atoms in total. The van der Waals surface area contributed by atoms with Gasteiger partial charge in [-0.25, -0.2) is 14.4 Å². The Kier molecular flexibility index (Phi) is 4.26. The van der Waals surface area contributed by atoms with Gasteiger partial charge in [-0.2, -0.15) is 0 Å². The Bertz CT molecular complexity index is 617. The Balaban J connectivity index is 1.63. The van der Waals surface area contributed by atoms with Gasteiger partial charge in [-0.1, -0.05) is 0 Å². The van der Waals surface area contributed by atoms with Gasteiger partial charge in [-0.15, -0.1) is 0 Å². The second-order valence-corrected chi connectivity index (χ2v) is 5.10. The molecular formula is C15H18FN3O2. The molecule has 3 rings (SSSR count). The zero-order valence-corrected chi connectivity index (χ0v) is 12.0. The molecule has 21 heavy (non-hydrogen) atoms. The van der Waals surface area contributed by atoms with Crippen LogP contribution in [0.4, 0.5) is 10.2 Å². The van der Waals surface area contributed by atoms with Gasteiger partial charge in [0.1, 0.15) is 18.0 Å². The molecule has 112 valence electrons. The number of ether oxygens (including phenoxy) is 2. The Morgan fingerprint density at radius 1 is 1.29 bits per heavy atom. The van der Waals surface area contributed by atoms with E-state index in [0.29, 0.717) is 13.2 Å². The molecule has 0 aliphatic carbocycles. The van der Waals surface area contributed by atoms with Crippen molar-refractivity contribution in [3.8, 4) is 0 Å². The number of methoxy groups -OCH3 is 1. The lowest BCUT2D eigenvalue weighted by Crippen LogP contribution is -2.52. The predicted octanol–water partition coefficient (Wildman–Crippen LogP) is 2.01. The van der Waals surface area contributed by atoms with Crippen LogP contribution < -0.4 is 4.90 Å². The Morgan fingerprint density at radius 2 is 2.14 bits per heavy atom. The van der Waals surface area contributed by atoms with Crippen LogP contribution in [0.1, 0.15) is 6.42 Å². The Hall–Kier alpha value is -1.79. The smallest absolute Gasteiger partial charge is 0.140 e. The Morgan fingerprint density at radius 3 is 2.95 bits per heavy atom. The molecule has 2 aromatic rings. The summed E-state index contributed by atoms with van der Waals surface area (Å²) in [5, 5.41) is 0.746. The average Bonchev–Trinajstić information content (AvgIpc) is 2.45. The maximum atomic E-state index is 13.4. The number of benzene rings is 1. The summed E-state index contributed by atoms with van der Waals surface area (Å²) < 4.78 is 24.1. The fourth-order valence-electron chi connectivity index (χ4n) is 2.44. The number of nitrogens with zero attached hydrogens (tertiary/aromatic N) is 3. The molecule has 2 heterocycles. The normalized spacial score (nSPS) is 15.4. The van der Waals surface area contributed by atoms with Gasteiger partial charge in [0.05, 0.1) is 11.6 Å². The first kappa shape index (κ1) is 14.2. The highest BCUT2D eigenvalue weighted by molar-refractivity contribution is 5.89. The number of hydrogen-bond acceptors (Lipinski definition) is 5. The third kappa shape index (κ3) is 3.11. The van der Waals surface area contributed by atoms with E-state index in [9.17, 15) is 4.39 Å². The van der Waals surface area contributed by atoms with E-state index in [2.05, 4.69) is 14.9 Å². The maximum absolute atomic E-state index is 13.4. The van der Waals surface area contributed by atoms with Crippen molar-refractivity contribution in [3.63, 3.8) is 0 Å². The van der Waals surface area contributed by atoms with Crippen molar-refractivity contribution >= 4 is 16.7 Å². The first-order valence-electron chi connectivity index (χ1n) is 7.03. The van der Waals surface area contributed by atoms with Crippen molar-refractivity contribution in [1.82, 2.24) is 9.97 Å². The molecule has 6 heteroatoms. The van der Waals surface area contributed by atoms with E-state index in [1.54, 1.807) is 13.2 Å². The summed E-state index contributed by atoms with van der Waals surface area (Å²) in [6.07, 6.45) is 2.62. The summed E-state index contributed by atoms with van der Waals surface area (Å²) in [6.45, 7) is 2.96. The summed E-state index contributed by atoms with van der Waals surface area (Å²) in [7, 11) is 1.68. The molecule has 0 unspecified atom stereocenters. The molecule has 1 aromatic carbocycles. The predicted molar refractivity (Wildman–Crippen MR) is 77.9 cm³/mol. The molecule has 0 radical (unpaired) electrons. The van der Waals surface area contributed by atoms with Gasteiger partial charge in [0.25, 0.3) is 0 Å². The molecule has 0 amide bonds. The number of rotatable bonds is 6. The summed E-state index contributed by atoms with van der Waals surface area (Å²) in [6, 6.07) is 4.57. The van der Waals surface area contributed by atoms with Crippen molar-refractivity contribution in [1.29, 1.82) is 0 Å². The molecule has 0 saturated carbocycles. The van der Waals surface area contributed by atoms with E-state index < -0.39 is 0 Å². The highest BCUT2D eigenvalue weighted by Gasteiger charge is 2.29. The fraction of sp³-hybridized carbons (Fsp3) is 0.467. The van der Waals surface area contributed by atoms with E-state index in [-0.39, 0.29) is 11.9 Å². The van der Waals surface area contributed by atoms with Crippen LogP contribution in [0, 0.1) is 5.82 Å². The average molecular weight is 291 g/mol. The molecule has 0 spiro atoms. The van der Waals surface area contributed by atoms with E-state index >= 15 is 0 Å². The molecular weight excluding hydrogens is 273 g/mol. The number of anilines is 1. The van der Waals surface area contributed by atoms with E-state index in [1.807, 2.05) is 0 Å². The second kappa shape index (κ2) is 6.32. The van der Waals surface area contributed by atoms with Gasteiger partial charge < -0.3 is 14.4 Å². The molecule has 1 aromatic heterocycles. The van der Waals surface area contributed by atoms with Crippen LogP contribution in [-0.4, -0.2) is 49.5 Å². The summed E-state index contributed by atoms with van der Waals surface area (Å²) in [5.74, 6) is 0.502. The van der Waals surface area contributed by atoms with Gasteiger partial charge in [-0.3, -0.25) is 0 Å². The largest absolute Gasteiger partial charge is 0.385 e. The molecule has 0 atom stereocenters. The van der Waals surface area contributed by atoms with Crippen molar-refractivity contribution in [2.45, 2.75) is 12.5 Å². The van der Waals surface area contributed by atoms with E-state index in [1.165, 1.54) is 18.5 Å². The van der Waals surface area contributed by atoms with Crippen molar-refractivity contribution in [2.75, 3.05) is 38.3 Å². The Labute approximate surface area is 122 Å². The highest BCUT2D eigenvalue weighted by Crippen LogP contribution is 2.27. The van der Waals surface area contributed by atoms with Gasteiger partial charge >= 0.3 is 0 Å². The van der Waals surface area contributed by atoms with Crippen LogP contribution >= 0.6 is 0 Å². The highest BCUT2D eigenvalue weighted by atomic mass is 19.1. The first-order chi connectivity index (χ1) is 10.3. The molecule has 1 fully saturated rings. The molecule has 0 bridgehead atoms. The van der Waals surface area contributed by atoms with Gasteiger partial charge in [0.2, 0.25) is 0 Å². The number of fused-ring (bicyclic) bond motifs is 1. The fourth-order valence-corrected chi connectivity index (χ4v) is 2.44. The van der Waals surface area contributed by atoms with Gasteiger partial charge in [0, 0.05) is 38.8 Å². The zero-order valence-electron chi connectivity index (χ0n) is 12.0. The lowest BCUT2D eigenvalue weighted by molar-refractivity contribution is 0.0231. The zero-order chi connectivity index (χ0) is 14.7. The van der Waals surface area contributed by atoms with Crippen LogP contribution in [-0.2, 0) is 9.47 Å². The topological polar surface area (TPSA) is 47.5 Å². The third-order valence-electron chi connectivity index (χ3n) is 3.57. The molecule has 0 N–H and O–H groups in total. The lowest BCUT2D eigenvalue weighted by atomic mass is 10.1. The first-order valence-corrected chi connectivity index (χ1v) is 7.03. The van der Waals surface area contributed by atoms with Crippen LogP contribution in [0.25, 0.3) is 10.9 Å². The van der Waals surface area contributed by atoms with Crippen LogP contribution in [0.5, 0.6) is 0 Å². The number of aromatic nitrogens is 2. The summed E-state index contributed by atoms with van der Waals surface area (Å²) in [5.41, 5.74) is 0.755. The standard InChI is InChI=1S/C15H18FN3O2/c1-20-5-2-6-21-12-8-19(9-12)15-13-7-11(16)3-4-14(13)17-10-18-15/h3-4,7,10,12H,2,5-6,8-9H2,1H3. The van der Waals surface area contributed by atoms with Crippen LogP contribution in [0.3, 0.4) is 0 Å². The minimum Gasteiger partial charge on any atom is -0.385 e. The minimum absolute atomic E-state index is 0.209. The second-order valence-electron chi connectivity index (χ2n) is 5.10.